The third-order valence-electron chi connectivity index (χ3n) is 3.53. The zero-order valence-corrected chi connectivity index (χ0v) is 11.0. The van der Waals surface area contributed by atoms with Gasteiger partial charge >= 0.3 is 0 Å². The third kappa shape index (κ3) is 4.12. The highest BCUT2D eigenvalue weighted by molar-refractivity contribution is 4.81. The van der Waals surface area contributed by atoms with Crippen LogP contribution in [0, 0.1) is 11.8 Å². The monoisotopic (exact) mass is 212 g/mol. The molecule has 0 spiro atoms. The third-order valence-corrected chi connectivity index (χ3v) is 3.53. The fourth-order valence-electron chi connectivity index (χ4n) is 2.55. The van der Waals surface area contributed by atoms with E-state index in [9.17, 15) is 0 Å². The van der Waals surface area contributed by atoms with E-state index in [2.05, 4.69) is 23.8 Å². The van der Waals surface area contributed by atoms with Gasteiger partial charge in [-0.2, -0.15) is 0 Å². The molecular weight excluding hydrogens is 184 g/mol. The Kier molecular flexibility index (Phi) is 5.62. The molecule has 2 heteroatoms. The highest BCUT2D eigenvalue weighted by Gasteiger charge is 2.26. The molecule has 0 unspecified atom stereocenters. The molecule has 2 fully saturated rings. The summed E-state index contributed by atoms with van der Waals surface area (Å²) in [5.74, 6) is 1.94. The van der Waals surface area contributed by atoms with Gasteiger partial charge in [0.25, 0.3) is 0 Å². The SMILES string of the molecule is CC.CC1CCN(CC2CN(C)C2)CC1. The van der Waals surface area contributed by atoms with E-state index in [1.54, 1.807) is 0 Å². The summed E-state index contributed by atoms with van der Waals surface area (Å²) in [4.78, 5) is 5.08. The first-order valence-corrected chi connectivity index (χ1v) is 6.65. The van der Waals surface area contributed by atoms with E-state index in [-0.39, 0.29) is 0 Å². The second-order valence-electron chi connectivity index (χ2n) is 5.07. The predicted molar refractivity (Wildman–Crippen MR) is 67.2 cm³/mol. The highest BCUT2D eigenvalue weighted by Crippen LogP contribution is 2.20. The van der Waals surface area contributed by atoms with Crippen molar-refractivity contribution in [2.24, 2.45) is 11.8 Å². The second-order valence-corrected chi connectivity index (χ2v) is 5.07. The molecule has 15 heavy (non-hydrogen) atoms. The van der Waals surface area contributed by atoms with Crippen LogP contribution in [0.25, 0.3) is 0 Å². The van der Waals surface area contributed by atoms with E-state index in [1.807, 2.05) is 13.8 Å². The van der Waals surface area contributed by atoms with Crippen molar-refractivity contribution in [1.82, 2.24) is 9.80 Å². The zero-order chi connectivity index (χ0) is 11.3. The minimum Gasteiger partial charge on any atom is -0.306 e. The summed E-state index contributed by atoms with van der Waals surface area (Å²) in [5.41, 5.74) is 0. The van der Waals surface area contributed by atoms with Crippen molar-refractivity contribution < 1.29 is 0 Å². The molecule has 2 rings (SSSR count). The average molecular weight is 212 g/mol. The number of piperidine rings is 1. The fraction of sp³-hybridized carbons (Fsp3) is 1.00. The summed E-state index contributed by atoms with van der Waals surface area (Å²) in [6.45, 7) is 13.1. The molecule has 90 valence electrons. The van der Waals surface area contributed by atoms with Gasteiger partial charge in [-0.05, 0) is 44.8 Å². The molecule has 0 atom stereocenters. The molecule has 2 saturated heterocycles. The largest absolute Gasteiger partial charge is 0.306 e. The molecule has 0 aromatic carbocycles. The van der Waals surface area contributed by atoms with E-state index in [0.29, 0.717) is 0 Å². The van der Waals surface area contributed by atoms with Crippen molar-refractivity contribution in [2.75, 3.05) is 39.8 Å². The van der Waals surface area contributed by atoms with Crippen molar-refractivity contribution in [3.8, 4) is 0 Å². The molecule has 0 radical (unpaired) electrons. The Bertz CT molecular complexity index is 156. The molecule has 0 aromatic heterocycles. The average Bonchev–Trinajstić information content (AvgIpc) is 2.22. The summed E-state index contributed by atoms with van der Waals surface area (Å²) < 4.78 is 0. The number of hydrogen-bond donors (Lipinski definition) is 0. The van der Waals surface area contributed by atoms with E-state index in [1.165, 1.54) is 45.6 Å². The summed E-state index contributed by atoms with van der Waals surface area (Å²) in [5, 5.41) is 0. The molecule has 0 aromatic rings. The quantitative estimate of drug-likeness (QED) is 0.693. The molecule has 0 N–H and O–H groups in total. The molecule has 0 bridgehead atoms. The van der Waals surface area contributed by atoms with Gasteiger partial charge < -0.3 is 9.80 Å². The van der Waals surface area contributed by atoms with Crippen molar-refractivity contribution in [3.63, 3.8) is 0 Å². The van der Waals surface area contributed by atoms with Crippen LogP contribution in [0.1, 0.15) is 33.6 Å². The lowest BCUT2D eigenvalue weighted by Crippen LogP contribution is -2.50. The first-order chi connectivity index (χ1) is 7.24. The van der Waals surface area contributed by atoms with Crippen LogP contribution in [-0.2, 0) is 0 Å². The zero-order valence-electron chi connectivity index (χ0n) is 11.0. The lowest BCUT2D eigenvalue weighted by molar-refractivity contribution is 0.0758. The summed E-state index contributed by atoms with van der Waals surface area (Å²) in [6, 6.07) is 0. The highest BCUT2D eigenvalue weighted by atomic mass is 15.2. The fourth-order valence-corrected chi connectivity index (χ4v) is 2.55. The number of likely N-dealkylation sites (tertiary alicyclic amines) is 2. The van der Waals surface area contributed by atoms with Crippen LogP contribution < -0.4 is 0 Å². The first kappa shape index (κ1) is 13.0. The van der Waals surface area contributed by atoms with Gasteiger partial charge in [0, 0.05) is 19.6 Å². The molecule has 2 nitrogen and oxygen atoms in total. The molecule has 0 aliphatic carbocycles. The minimum atomic E-state index is 0.971. The van der Waals surface area contributed by atoms with Crippen molar-refractivity contribution in [1.29, 1.82) is 0 Å². The molecule has 2 aliphatic heterocycles. The van der Waals surface area contributed by atoms with Crippen LogP contribution in [0.5, 0.6) is 0 Å². The van der Waals surface area contributed by atoms with Gasteiger partial charge in [-0.25, -0.2) is 0 Å². The maximum absolute atomic E-state index is 2.66. The van der Waals surface area contributed by atoms with E-state index in [0.717, 1.165) is 11.8 Å². The van der Waals surface area contributed by atoms with Crippen molar-refractivity contribution >= 4 is 0 Å². The van der Waals surface area contributed by atoms with E-state index >= 15 is 0 Å². The number of rotatable bonds is 2. The summed E-state index contributed by atoms with van der Waals surface area (Å²) >= 11 is 0. The Labute approximate surface area is 95.6 Å². The van der Waals surface area contributed by atoms with Crippen LogP contribution in [0.4, 0.5) is 0 Å². The molecule has 2 heterocycles. The molecule has 0 amide bonds. The maximum atomic E-state index is 2.66. The normalized spacial score (nSPS) is 25.6. The van der Waals surface area contributed by atoms with E-state index < -0.39 is 0 Å². The molecule has 0 saturated carbocycles. The standard InChI is InChI=1S/C11H22N2.C2H6/c1-10-3-5-13(6-4-10)9-11-7-12(2)8-11;1-2/h10-11H,3-9H2,1-2H3;1-2H3. The lowest BCUT2D eigenvalue weighted by Gasteiger charge is -2.41. The van der Waals surface area contributed by atoms with Gasteiger partial charge in [-0.15, -0.1) is 0 Å². The van der Waals surface area contributed by atoms with E-state index in [4.69, 9.17) is 0 Å². The van der Waals surface area contributed by atoms with Crippen LogP contribution in [0.2, 0.25) is 0 Å². The lowest BCUT2D eigenvalue weighted by atomic mass is 9.96. The van der Waals surface area contributed by atoms with Crippen LogP contribution in [-0.4, -0.2) is 49.6 Å². The second kappa shape index (κ2) is 6.49. The predicted octanol–water partition coefficient (Wildman–Crippen LogP) is 2.31. The van der Waals surface area contributed by atoms with Gasteiger partial charge in [0.05, 0.1) is 0 Å². The summed E-state index contributed by atoms with van der Waals surface area (Å²) in [6.07, 6.45) is 2.84. The first-order valence-electron chi connectivity index (χ1n) is 6.65. The Balaban J connectivity index is 0.000000531. The van der Waals surface area contributed by atoms with Gasteiger partial charge in [0.1, 0.15) is 0 Å². The topological polar surface area (TPSA) is 6.48 Å². The number of nitrogens with zero attached hydrogens (tertiary/aromatic N) is 2. The smallest absolute Gasteiger partial charge is 0.00342 e. The molecular formula is C13H28N2. The summed E-state index contributed by atoms with van der Waals surface area (Å²) in [7, 11) is 2.22. The van der Waals surface area contributed by atoms with Crippen LogP contribution in [0.15, 0.2) is 0 Å². The van der Waals surface area contributed by atoms with Crippen molar-refractivity contribution in [2.45, 2.75) is 33.6 Å². The maximum Gasteiger partial charge on any atom is 0.00342 e. The van der Waals surface area contributed by atoms with Crippen LogP contribution in [0.3, 0.4) is 0 Å². The Hall–Kier alpha value is -0.0800. The Morgan fingerprint density at radius 2 is 1.60 bits per heavy atom. The van der Waals surface area contributed by atoms with Gasteiger partial charge in [0.15, 0.2) is 0 Å². The van der Waals surface area contributed by atoms with Gasteiger partial charge in [-0.1, -0.05) is 20.8 Å². The van der Waals surface area contributed by atoms with Gasteiger partial charge in [0.2, 0.25) is 0 Å². The minimum absolute atomic E-state index is 0.971. The van der Waals surface area contributed by atoms with Crippen molar-refractivity contribution in [3.05, 3.63) is 0 Å². The Morgan fingerprint density at radius 3 is 2.07 bits per heavy atom. The Morgan fingerprint density at radius 1 is 1.07 bits per heavy atom. The number of hydrogen-bond acceptors (Lipinski definition) is 2. The molecule has 2 aliphatic rings. The van der Waals surface area contributed by atoms with Crippen LogP contribution >= 0.6 is 0 Å². The van der Waals surface area contributed by atoms with Gasteiger partial charge in [-0.3, -0.25) is 0 Å².